The summed E-state index contributed by atoms with van der Waals surface area (Å²) in [6, 6.07) is 12.0. The lowest BCUT2D eigenvalue weighted by Crippen LogP contribution is -2.40. The van der Waals surface area contributed by atoms with E-state index in [1.54, 1.807) is 37.3 Å². The number of hydrogen-bond donors (Lipinski definition) is 2. The van der Waals surface area contributed by atoms with Crippen LogP contribution in [0, 0.1) is 12.8 Å². The predicted octanol–water partition coefficient (Wildman–Crippen LogP) is 3.73. The highest BCUT2D eigenvalue weighted by Gasteiger charge is 2.29. The second-order valence-corrected chi connectivity index (χ2v) is 7.40. The molecule has 1 aliphatic rings. The SMILES string of the molecule is CCOC(=O)C1CCCN(c2ccc(NC(=O)c3cccc(C)c3)cc2C(=O)O)C1. The fourth-order valence-corrected chi connectivity index (χ4v) is 3.70. The third-order valence-electron chi connectivity index (χ3n) is 5.15. The minimum atomic E-state index is -1.09. The Kier molecular flexibility index (Phi) is 6.72. The summed E-state index contributed by atoms with van der Waals surface area (Å²) < 4.78 is 5.13. The molecule has 1 heterocycles. The Morgan fingerprint density at radius 3 is 2.70 bits per heavy atom. The fraction of sp³-hybridized carbons (Fsp3) is 0.348. The zero-order chi connectivity index (χ0) is 21.7. The first-order chi connectivity index (χ1) is 14.4. The lowest BCUT2D eigenvalue weighted by molar-refractivity contribution is -0.148. The van der Waals surface area contributed by atoms with E-state index in [1.165, 1.54) is 6.07 Å². The van der Waals surface area contributed by atoms with Crippen LogP contribution in [0.5, 0.6) is 0 Å². The van der Waals surface area contributed by atoms with Gasteiger partial charge in [0.15, 0.2) is 0 Å². The van der Waals surface area contributed by atoms with Crippen molar-refractivity contribution in [3.05, 3.63) is 59.2 Å². The molecule has 0 aromatic heterocycles. The molecule has 0 bridgehead atoms. The zero-order valence-corrected chi connectivity index (χ0v) is 17.2. The molecule has 1 amide bonds. The van der Waals surface area contributed by atoms with Gasteiger partial charge in [0.2, 0.25) is 0 Å². The molecule has 0 aliphatic carbocycles. The minimum Gasteiger partial charge on any atom is -0.478 e. The van der Waals surface area contributed by atoms with Gasteiger partial charge in [-0.1, -0.05) is 17.7 Å². The van der Waals surface area contributed by atoms with Crippen molar-refractivity contribution in [1.82, 2.24) is 0 Å². The topological polar surface area (TPSA) is 95.9 Å². The number of aromatic carboxylic acids is 1. The summed E-state index contributed by atoms with van der Waals surface area (Å²) in [5.74, 6) is -1.92. The maximum Gasteiger partial charge on any atom is 0.337 e. The lowest BCUT2D eigenvalue weighted by atomic mass is 9.96. The molecule has 2 aromatic carbocycles. The molecule has 158 valence electrons. The molecule has 7 heteroatoms. The summed E-state index contributed by atoms with van der Waals surface area (Å²) in [5, 5.41) is 12.5. The van der Waals surface area contributed by atoms with E-state index in [1.807, 2.05) is 17.9 Å². The average molecular weight is 410 g/mol. The van der Waals surface area contributed by atoms with Crippen molar-refractivity contribution in [3.63, 3.8) is 0 Å². The number of ether oxygens (including phenoxy) is 1. The second-order valence-electron chi connectivity index (χ2n) is 7.40. The molecular weight excluding hydrogens is 384 g/mol. The highest BCUT2D eigenvalue weighted by Crippen LogP contribution is 2.29. The molecule has 1 saturated heterocycles. The Balaban J connectivity index is 1.81. The summed E-state index contributed by atoms with van der Waals surface area (Å²) in [4.78, 5) is 38.4. The Morgan fingerprint density at radius 2 is 2.00 bits per heavy atom. The van der Waals surface area contributed by atoms with Crippen LogP contribution in [0.1, 0.15) is 46.0 Å². The van der Waals surface area contributed by atoms with Crippen molar-refractivity contribution in [2.45, 2.75) is 26.7 Å². The number of carboxylic acid groups (broad SMARTS) is 1. The number of amides is 1. The molecule has 0 radical (unpaired) electrons. The molecule has 1 fully saturated rings. The first-order valence-electron chi connectivity index (χ1n) is 10.1. The Morgan fingerprint density at radius 1 is 1.20 bits per heavy atom. The van der Waals surface area contributed by atoms with Crippen molar-refractivity contribution in [1.29, 1.82) is 0 Å². The number of carbonyl (C=O) groups excluding carboxylic acids is 2. The van der Waals surface area contributed by atoms with Crippen LogP contribution >= 0.6 is 0 Å². The van der Waals surface area contributed by atoms with E-state index >= 15 is 0 Å². The van der Waals surface area contributed by atoms with Gasteiger partial charge in [-0.05, 0) is 57.0 Å². The second kappa shape index (κ2) is 9.43. The molecule has 3 rings (SSSR count). The molecule has 0 spiro atoms. The van der Waals surface area contributed by atoms with Gasteiger partial charge in [-0.15, -0.1) is 0 Å². The van der Waals surface area contributed by atoms with E-state index in [0.29, 0.717) is 36.6 Å². The molecule has 1 atom stereocenters. The van der Waals surface area contributed by atoms with Crippen molar-refractivity contribution in [2.24, 2.45) is 5.92 Å². The monoisotopic (exact) mass is 410 g/mol. The van der Waals surface area contributed by atoms with Gasteiger partial charge in [0.25, 0.3) is 5.91 Å². The maximum absolute atomic E-state index is 12.5. The Hall–Kier alpha value is -3.35. The number of rotatable bonds is 6. The van der Waals surface area contributed by atoms with Gasteiger partial charge in [-0.2, -0.15) is 0 Å². The molecule has 7 nitrogen and oxygen atoms in total. The lowest BCUT2D eigenvalue weighted by Gasteiger charge is -2.34. The third kappa shape index (κ3) is 4.97. The predicted molar refractivity (Wildman–Crippen MR) is 114 cm³/mol. The van der Waals surface area contributed by atoms with E-state index in [4.69, 9.17) is 4.74 Å². The first-order valence-corrected chi connectivity index (χ1v) is 10.1. The van der Waals surface area contributed by atoms with Gasteiger partial charge in [0, 0.05) is 24.3 Å². The van der Waals surface area contributed by atoms with Crippen molar-refractivity contribution in [2.75, 3.05) is 29.9 Å². The van der Waals surface area contributed by atoms with Gasteiger partial charge < -0.3 is 20.1 Å². The summed E-state index contributed by atoms with van der Waals surface area (Å²) in [6.45, 7) is 5.06. The van der Waals surface area contributed by atoms with E-state index in [0.717, 1.165) is 18.4 Å². The number of benzene rings is 2. The molecule has 1 unspecified atom stereocenters. The molecule has 0 saturated carbocycles. The van der Waals surface area contributed by atoms with Gasteiger partial charge in [0.1, 0.15) is 0 Å². The number of nitrogens with one attached hydrogen (secondary N) is 1. The summed E-state index contributed by atoms with van der Waals surface area (Å²) >= 11 is 0. The molecule has 2 aromatic rings. The van der Waals surface area contributed by atoms with Crippen LogP contribution in [0.2, 0.25) is 0 Å². The number of aryl methyl sites for hydroxylation is 1. The number of esters is 1. The third-order valence-corrected chi connectivity index (χ3v) is 5.15. The quantitative estimate of drug-likeness (QED) is 0.705. The number of carbonyl (C=O) groups is 3. The maximum atomic E-state index is 12.5. The smallest absolute Gasteiger partial charge is 0.337 e. The van der Waals surface area contributed by atoms with Gasteiger partial charge >= 0.3 is 11.9 Å². The first kappa shape index (κ1) is 21.4. The van der Waals surface area contributed by atoms with E-state index in [2.05, 4.69) is 5.32 Å². The molecule has 1 aliphatic heterocycles. The Labute approximate surface area is 175 Å². The number of piperidine rings is 1. The normalized spacial score (nSPS) is 16.1. The van der Waals surface area contributed by atoms with Crippen molar-refractivity contribution >= 4 is 29.2 Å². The van der Waals surface area contributed by atoms with Crippen LogP contribution in [-0.4, -0.2) is 42.6 Å². The minimum absolute atomic E-state index is 0.0848. The number of hydrogen-bond acceptors (Lipinski definition) is 5. The summed E-state index contributed by atoms with van der Waals surface area (Å²) in [6.07, 6.45) is 1.50. The van der Waals surface area contributed by atoms with Gasteiger partial charge in [0.05, 0.1) is 23.8 Å². The van der Waals surface area contributed by atoms with Crippen molar-refractivity contribution in [3.8, 4) is 0 Å². The summed E-state index contributed by atoms with van der Waals surface area (Å²) in [5.41, 5.74) is 2.49. The highest BCUT2D eigenvalue weighted by atomic mass is 16.5. The number of anilines is 2. The summed E-state index contributed by atoms with van der Waals surface area (Å²) in [7, 11) is 0. The van der Waals surface area contributed by atoms with Crippen LogP contribution in [0.25, 0.3) is 0 Å². The van der Waals surface area contributed by atoms with Gasteiger partial charge in [-0.3, -0.25) is 9.59 Å². The van der Waals surface area contributed by atoms with Gasteiger partial charge in [-0.25, -0.2) is 4.79 Å². The van der Waals surface area contributed by atoms with E-state index < -0.39 is 5.97 Å². The zero-order valence-electron chi connectivity index (χ0n) is 17.2. The molecular formula is C23H26N2O5. The van der Waals surface area contributed by atoms with Crippen LogP contribution in [0.3, 0.4) is 0 Å². The highest BCUT2D eigenvalue weighted by molar-refractivity contribution is 6.05. The van der Waals surface area contributed by atoms with E-state index in [9.17, 15) is 19.5 Å². The fourth-order valence-electron chi connectivity index (χ4n) is 3.70. The van der Waals surface area contributed by atoms with Crippen LogP contribution in [0.15, 0.2) is 42.5 Å². The van der Waals surface area contributed by atoms with Crippen LogP contribution in [0.4, 0.5) is 11.4 Å². The largest absolute Gasteiger partial charge is 0.478 e. The molecule has 30 heavy (non-hydrogen) atoms. The van der Waals surface area contributed by atoms with Crippen molar-refractivity contribution < 1.29 is 24.2 Å². The average Bonchev–Trinajstić information content (AvgIpc) is 2.74. The van der Waals surface area contributed by atoms with Crippen LogP contribution < -0.4 is 10.2 Å². The van der Waals surface area contributed by atoms with Crippen LogP contribution in [-0.2, 0) is 9.53 Å². The number of carboxylic acids is 1. The molecule has 2 N–H and O–H groups in total. The van der Waals surface area contributed by atoms with E-state index in [-0.39, 0.29) is 23.4 Å². The Bertz CT molecular complexity index is 956. The standard InChI is InChI=1S/C23H26N2O5/c1-3-30-23(29)17-8-5-11-25(14-17)20-10-9-18(13-19(20)22(27)28)24-21(26)16-7-4-6-15(2)12-16/h4,6-7,9-10,12-13,17H,3,5,8,11,14H2,1-2H3,(H,24,26)(H,27,28). The number of nitrogens with zero attached hydrogens (tertiary/aromatic N) is 1.